The third-order valence-corrected chi connectivity index (χ3v) is 4.74. The number of benzene rings is 2. The molecule has 1 N–H and O–H groups in total. The Morgan fingerprint density at radius 3 is 2.50 bits per heavy atom. The molecule has 7 heteroatoms. The number of nitrogens with zero attached hydrogens (tertiary/aromatic N) is 1. The van der Waals surface area contributed by atoms with Gasteiger partial charge in [-0.2, -0.15) is 0 Å². The molecule has 3 rings (SSSR count). The number of halogens is 2. The molecule has 5 nitrogen and oxygen atoms in total. The zero-order valence-corrected chi connectivity index (χ0v) is 16.0. The Hall–Kier alpha value is -2.67. The van der Waals surface area contributed by atoms with Gasteiger partial charge in [-0.3, -0.25) is 9.69 Å². The highest BCUT2D eigenvalue weighted by molar-refractivity contribution is 5.78. The number of hydrogen-bond donors (Lipinski definition) is 1. The van der Waals surface area contributed by atoms with Crippen molar-refractivity contribution in [1.82, 2.24) is 10.2 Å². The summed E-state index contributed by atoms with van der Waals surface area (Å²) in [5.74, 6) is -0.119. The summed E-state index contributed by atoms with van der Waals surface area (Å²) >= 11 is 0. The molecule has 1 fully saturated rings. The fourth-order valence-corrected chi connectivity index (χ4v) is 3.05. The number of nitrogens with one attached hydrogen (secondary N) is 1. The van der Waals surface area contributed by atoms with Gasteiger partial charge >= 0.3 is 0 Å². The molecule has 0 aromatic heterocycles. The van der Waals surface area contributed by atoms with E-state index >= 15 is 0 Å². The van der Waals surface area contributed by atoms with E-state index in [1.165, 1.54) is 12.1 Å². The number of hydrogen-bond acceptors (Lipinski definition) is 4. The van der Waals surface area contributed by atoms with Crippen LogP contribution in [0, 0.1) is 11.6 Å². The lowest BCUT2D eigenvalue weighted by atomic mass is 10.2. The van der Waals surface area contributed by atoms with Crippen LogP contribution < -0.4 is 14.8 Å². The van der Waals surface area contributed by atoms with Crippen LogP contribution in [0.1, 0.15) is 24.0 Å². The van der Waals surface area contributed by atoms with Gasteiger partial charge in [0.1, 0.15) is 11.6 Å². The van der Waals surface area contributed by atoms with Gasteiger partial charge < -0.3 is 14.8 Å². The lowest BCUT2D eigenvalue weighted by molar-refractivity contribution is -0.122. The minimum absolute atomic E-state index is 0.149. The molecule has 28 heavy (non-hydrogen) atoms. The van der Waals surface area contributed by atoms with Crippen molar-refractivity contribution in [3.05, 3.63) is 59.2 Å². The Labute approximate surface area is 163 Å². The number of amides is 1. The van der Waals surface area contributed by atoms with Crippen molar-refractivity contribution in [2.24, 2.45) is 0 Å². The van der Waals surface area contributed by atoms with Crippen LogP contribution in [-0.2, 0) is 17.9 Å². The predicted molar refractivity (Wildman–Crippen MR) is 101 cm³/mol. The highest BCUT2D eigenvalue weighted by atomic mass is 19.1. The molecule has 0 unspecified atom stereocenters. The predicted octanol–water partition coefficient (Wildman–Crippen LogP) is 3.26. The van der Waals surface area contributed by atoms with Gasteiger partial charge in [-0.25, -0.2) is 8.78 Å². The maximum absolute atomic E-state index is 13.9. The van der Waals surface area contributed by atoms with Gasteiger partial charge in [0.05, 0.1) is 20.8 Å². The Morgan fingerprint density at radius 1 is 1.11 bits per heavy atom. The normalized spacial score (nSPS) is 13.5. The van der Waals surface area contributed by atoms with Crippen molar-refractivity contribution in [1.29, 1.82) is 0 Å². The first kappa shape index (κ1) is 20.1. The molecule has 0 heterocycles. The van der Waals surface area contributed by atoms with Crippen LogP contribution in [0.2, 0.25) is 0 Å². The quantitative estimate of drug-likeness (QED) is 0.714. The summed E-state index contributed by atoms with van der Waals surface area (Å²) in [6.45, 7) is 0.790. The lowest BCUT2D eigenvalue weighted by Crippen LogP contribution is -2.38. The van der Waals surface area contributed by atoms with Crippen molar-refractivity contribution in [2.75, 3.05) is 20.8 Å². The van der Waals surface area contributed by atoms with Crippen LogP contribution in [0.5, 0.6) is 11.5 Å². The number of carbonyl (C=O) groups excluding carboxylic acids is 1. The van der Waals surface area contributed by atoms with Crippen molar-refractivity contribution in [3.63, 3.8) is 0 Å². The van der Waals surface area contributed by atoms with Crippen LogP contribution in [0.25, 0.3) is 0 Å². The van der Waals surface area contributed by atoms with E-state index in [0.29, 0.717) is 23.6 Å². The van der Waals surface area contributed by atoms with E-state index in [1.54, 1.807) is 20.3 Å². The molecule has 0 saturated heterocycles. The highest BCUT2D eigenvalue weighted by Crippen LogP contribution is 2.29. The Balaban J connectivity index is 1.57. The summed E-state index contributed by atoms with van der Waals surface area (Å²) in [5, 5.41) is 2.88. The van der Waals surface area contributed by atoms with Gasteiger partial charge in [-0.15, -0.1) is 0 Å². The lowest BCUT2D eigenvalue weighted by Gasteiger charge is -2.22. The molecule has 0 spiro atoms. The van der Waals surface area contributed by atoms with E-state index in [-0.39, 0.29) is 25.0 Å². The Bertz CT molecular complexity index is 840. The maximum atomic E-state index is 13.9. The molecule has 1 aliphatic carbocycles. The van der Waals surface area contributed by atoms with Crippen molar-refractivity contribution >= 4 is 5.91 Å². The SMILES string of the molecule is COc1ccc(CNC(=O)CN(Cc2ccc(F)cc2F)C2CC2)cc1OC. The minimum Gasteiger partial charge on any atom is -0.493 e. The molecule has 2 aromatic rings. The monoisotopic (exact) mass is 390 g/mol. The molecule has 1 saturated carbocycles. The van der Waals surface area contributed by atoms with Gasteiger partial charge in [0.2, 0.25) is 5.91 Å². The van der Waals surface area contributed by atoms with Gasteiger partial charge in [-0.05, 0) is 36.6 Å². The van der Waals surface area contributed by atoms with Crippen molar-refractivity contribution in [2.45, 2.75) is 32.0 Å². The van der Waals surface area contributed by atoms with Gasteiger partial charge in [0.25, 0.3) is 0 Å². The van der Waals surface area contributed by atoms with E-state index in [1.807, 2.05) is 17.0 Å². The second-order valence-electron chi connectivity index (χ2n) is 6.84. The minimum atomic E-state index is -0.605. The fraction of sp³-hybridized carbons (Fsp3) is 0.381. The average molecular weight is 390 g/mol. The first-order valence-electron chi connectivity index (χ1n) is 9.15. The van der Waals surface area contributed by atoms with Crippen LogP contribution in [0.15, 0.2) is 36.4 Å². The maximum Gasteiger partial charge on any atom is 0.234 e. The highest BCUT2D eigenvalue weighted by Gasteiger charge is 2.30. The summed E-state index contributed by atoms with van der Waals surface area (Å²) in [6.07, 6.45) is 1.96. The summed E-state index contributed by atoms with van der Waals surface area (Å²) < 4.78 is 37.5. The third kappa shape index (κ3) is 5.19. The molecule has 1 amide bonds. The van der Waals surface area contributed by atoms with E-state index in [0.717, 1.165) is 24.5 Å². The van der Waals surface area contributed by atoms with Gasteiger partial charge in [-0.1, -0.05) is 12.1 Å². The molecule has 150 valence electrons. The first-order valence-corrected chi connectivity index (χ1v) is 9.15. The standard InChI is InChI=1S/C21H24F2N2O3/c1-27-19-8-3-14(9-20(19)28-2)11-24-21(26)13-25(17-6-7-17)12-15-4-5-16(22)10-18(15)23/h3-5,8-10,17H,6-7,11-13H2,1-2H3,(H,24,26). The molecule has 0 aliphatic heterocycles. The number of ether oxygens (including phenoxy) is 2. The topological polar surface area (TPSA) is 50.8 Å². The zero-order chi connectivity index (χ0) is 20.1. The summed E-state index contributed by atoms with van der Waals surface area (Å²) in [4.78, 5) is 14.3. The van der Waals surface area contributed by atoms with Gasteiger partial charge in [0.15, 0.2) is 11.5 Å². The smallest absolute Gasteiger partial charge is 0.234 e. The third-order valence-electron chi connectivity index (χ3n) is 4.74. The number of rotatable bonds is 9. The summed E-state index contributed by atoms with van der Waals surface area (Å²) in [5.41, 5.74) is 1.27. The molecule has 0 radical (unpaired) electrons. The Morgan fingerprint density at radius 2 is 1.86 bits per heavy atom. The zero-order valence-electron chi connectivity index (χ0n) is 16.0. The first-order chi connectivity index (χ1) is 13.5. The Kier molecular flexibility index (Phi) is 6.46. The van der Waals surface area contributed by atoms with E-state index in [4.69, 9.17) is 9.47 Å². The van der Waals surface area contributed by atoms with Crippen molar-refractivity contribution < 1.29 is 23.0 Å². The van der Waals surface area contributed by atoms with Crippen molar-refractivity contribution in [3.8, 4) is 11.5 Å². The van der Waals surface area contributed by atoms with Crippen LogP contribution >= 0.6 is 0 Å². The second-order valence-corrected chi connectivity index (χ2v) is 6.84. The molecular weight excluding hydrogens is 366 g/mol. The molecule has 0 atom stereocenters. The summed E-state index contributed by atoms with van der Waals surface area (Å²) in [6, 6.07) is 9.25. The summed E-state index contributed by atoms with van der Waals surface area (Å²) in [7, 11) is 3.12. The molecule has 0 bridgehead atoms. The molecular formula is C21H24F2N2O3. The van der Waals surface area contributed by atoms with Crippen LogP contribution in [0.4, 0.5) is 8.78 Å². The van der Waals surface area contributed by atoms with E-state index < -0.39 is 11.6 Å². The average Bonchev–Trinajstić information content (AvgIpc) is 3.52. The number of carbonyl (C=O) groups is 1. The van der Waals surface area contributed by atoms with E-state index in [9.17, 15) is 13.6 Å². The van der Waals surface area contributed by atoms with Gasteiger partial charge in [0, 0.05) is 30.8 Å². The number of methoxy groups -OCH3 is 2. The van der Waals surface area contributed by atoms with E-state index in [2.05, 4.69) is 5.32 Å². The fourth-order valence-electron chi connectivity index (χ4n) is 3.05. The second kappa shape index (κ2) is 9.01. The van der Waals surface area contributed by atoms with Crippen LogP contribution in [0.3, 0.4) is 0 Å². The van der Waals surface area contributed by atoms with Crippen LogP contribution in [-0.4, -0.2) is 37.6 Å². The molecule has 2 aromatic carbocycles. The largest absolute Gasteiger partial charge is 0.493 e. The molecule has 1 aliphatic rings.